The summed E-state index contributed by atoms with van der Waals surface area (Å²) in [6, 6.07) is 5.14. The maximum Gasteiger partial charge on any atom is 0.238 e. The molecule has 0 fully saturated rings. The second kappa shape index (κ2) is 4.17. The lowest BCUT2D eigenvalue weighted by Gasteiger charge is -2.14. The largest absolute Gasteiger partial charge is 0.399 e. The van der Waals surface area contributed by atoms with Gasteiger partial charge in [0, 0.05) is 12.1 Å². The fraction of sp³-hybridized carbons (Fsp3) is 0.273. The number of nitrogens with zero attached hydrogens (tertiary/aromatic N) is 1. The molecule has 0 atom stereocenters. The molecule has 1 heterocycles. The third-order valence-electron chi connectivity index (χ3n) is 2.51. The fourth-order valence-electron chi connectivity index (χ4n) is 1.82. The summed E-state index contributed by atoms with van der Waals surface area (Å²) in [6.07, 6.45) is 0.511. The number of carbonyl (C=O) groups excluding carboxylic acids is 2. The molecule has 0 unspecified atom stereocenters. The van der Waals surface area contributed by atoms with E-state index >= 15 is 0 Å². The predicted octanol–water partition coefficient (Wildman–Crippen LogP) is 1.00. The van der Waals surface area contributed by atoms with Crippen LogP contribution >= 0.6 is 12.6 Å². The minimum Gasteiger partial charge on any atom is -0.399 e. The van der Waals surface area contributed by atoms with Gasteiger partial charge in [0.2, 0.25) is 11.8 Å². The Kier molecular flexibility index (Phi) is 2.87. The Morgan fingerprint density at radius 3 is 2.94 bits per heavy atom. The molecule has 5 heteroatoms. The third kappa shape index (κ3) is 1.78. The lowest BCUT2D eigenvalue weighted by molar-refractivity contribution is -0.125. The van der Waals surface area contributed by atoms with Crippen molar-refractivity contribution in [2.45, 2.75) is 12.8 Å². The molecule has 0 saturated heterocycles. The lowest BCUT2D eigenvalue weighted by atomic mass is 10.1. The van der Waals surface area contributed by atoms with Crippen molar-refractivity contribution in [2.24, 2.45) is 0 Å². The third-order valence-corrected chi connectivity index (χ3v) is 2.73. The van der Waals surface area contributed by atoms with Crippen molar-refractivity contribution in [3.8, 4) is 0 Å². The van der Waals surface area contributed by atoms with Gasteiger partial charge in [-0.3, -0.25) is 9.59 Å². The molecule has 2 N–H and O–H groups in total. The smallest absolute Gasteiger partial charge is 0.238 e. The molecule has 1 aliphatic heterocycles. The fourth-order valence-corrected chi connectivity index (χ4v) is 2.01. The van der Waals surface area contributed by atoms with Crippen LogP contribution in [0.4, 0.5) is 11.4 Å². The van der Waals surface area contributed by atoms with E-state index < -0.39 is 0 Å². The molecular formula is C11H12N2O2S. The SMILES string of the molecule is Nc1ccc2c(c1)CC(=O)N2C(=O)CCS. The number of fused-ring (bicyclic) bond motifs is 1. The van der Waals surface area contributed by atoms with Gasteiger partial charge < -0.3 is 5.73 Å². The van der Waals surface area contributed by atoms with Crippen LogP contribution in [0, 0.1) is 0 Å². The van der Waals surface area contributed by atoms with Crippen LogP contribution in [-0.4, -0.2) is 17.6 Å². The summed E-state index contributed by atoms with van der Waals surface area (Å²) in [5, 5.41) is 0. The normalized spacial score (nSPS) is 14.1. The number of thiol groups is 1. The van der Waals surface area contributed by atoms with Crippen molar-refractivity contribution in [3.63, 3.8) is 0 Å². The lowest BCUT2D eigenvalue weighted by Crippen LogP contribution is -2.33. The molecule has 1 aliphatic rings. The number of hydrogen-bond donors (Lipinski definition) is 2. The molecule has 16 heavy (non-hydrogen) atoms. The second-order valence-corrected chi connectivity index (χ2v) is 4.11. The van der Waals surface area contributed by atoms with E-state index in [0.717, 1.165) is 5.56 Å². The molecule has 84 valence electrons. The first-order valence-corrected chi connectivity index (χ1v) is 5.62. The van der Waals surface area contributed by atoms with Gasteiger partial charge in [0.15, 0.2) is 0 Å². The summed E-state index contributed by atoms with van der Waals surface area (Å²) in [7, 11) is 0. The Hall–Kier alpha value is -1.49. The van der Waals surface area contributed by atoms with Crippen LogP contribution in [0.1, 0.15) is 12.0 Å². The van der Waals surface area contributed by atoms with E-state index in [1.807, 2.05) is 0 Å². The molecule has 1 aromatic carbocycles. The minimum absolute atomic E-state index is 0.188. The van der Waals surface area contributed by atoms with Crippen molar-refractivity contribution < 1.29 is 9.59 Å². The Labute approximate surface area is 98.8 Å². The van der Waals surface area contributed by atoms with Crippen molar-refractivity contribution in [3.05, 3.63) is 23.8 Å². The Balaban J connectivity index is 2.36. The standard InChI is InChI=1S/C11H12N2O2S/c12-8-1-2-9-7(5-8)6-11(15)13(9)10(14)3-4-16/h1-2,5,16H,3-4,6,12H2. The zero-order valence-corrected chi connectivity index (χ0v) is 9.54. The summed E-state index contributed by atoms with van der Waals surface area (Å²) in [5.74, 6) is 0.0447. The first-order valence-electron chi connectivity index (χ1n) is 4.98. The Bertz CT molecular complexity index is 459. The highest BCUT2D eigenvalue weighted by molar-refractivity contribution is 7.80. The predicted molar refractivity (Wildman–Crippen MR) is 65.5 cm³/mol. The molecule has 2 rings (SSSR count). The van der Waals surface area contributed by atoms with Crippen LogP contribution in [0.15, 0.2) is 18.2 Å². The molecule has 2 amide bonds. The molecule has 0 spiro atoms. The number of carbonyl (C=O) groups is 2. The Morgan fingerprint density at radius 2 is 2.25 bits per heavy atom. The van der Waals surface area contributed by atoms with Crippen LogP contribution in [0.3, 0.4) is 0 Å². The molecule has 0 saturated carbocycles. The van der Waals surface area contributed by atoms with E-state index in [9.17, 15) is 9.59 Å². The molecule has 0 radical (unpaired) electrons. The number of imide groups is 1. The van der Waals surface area contributed by atoms with Crippen LogP contribution in [0.25, 0.3) is 0 Å². The summed E-state index contributed by atoms with van der Waals surface area (Å²) in [5.41, 5.74) is 7.71. The highest BCUT2D eigenvalue weighted by Gasteiger charge is 2.31. The van der Waals surface area contributed by atoms with Crippen LogP contribution in [-0.2, 0) is 16.0 Å². The number of hydrogen-bond acceptors (Lipinski definition) is 4. The van der Waals surface area contributed by atoms with Crippen LogP contribution < -0.4 is 10.6 Å². The van der Waals surface area contributed by atoms with E-state index in [4.69, 9.17) is 5.73 Å². The van der Waals surface area contributed by atoms with E-state index in [1.165, 1.54) is 4.90 Å². The first-order chi connectivity index (χ1) is 7.63. The van der Waals surface area contributed by atoms with Gasteiger partial charge >= 0.3 is 0 Å². The van der Waals surface area contributed by atoms with E-state index in [-0.39, 0.29) is 24.7 Å². The summed E-state index contributed by atoms with van der Waals surface area (Å²) in [6.45, 7) is 0. The van der Waals surface area contributed by atoms with Gasteiger partial charge in [-0.1, -0.05) is 0 Å². The van der Waals surface area contributed by atoms with Gasteiger partial charge in [0.1, 0.15) is 0 Å². The Morgan fingerprint density at radius 1 is 1.50 bits per heavy atom. The average Bonchev–Trinajstić information content (AvgIpc) is 2.53. The second-order valence-electron chi connectivity index (χ2n) is 3.66. The summed E-state index contributed by atoms with van der Waals surface area (Å²) >= 11 is 3.99. The van der Waals surface area contributed by atoms with E-state index in [1.54, 1.807) is 18.2 Å². The summed E-state index contributed by atoms with van der Waals surface area (Å²) < 4.78 is 0. The van der Waals surface area contributed by atoms with Crippen molar-refractivity contribution in [1.82, 2.24) is 0 Å². The van der Waals surface area contributed by atoms with Gasteiger partial charge in [-0.15, -0.1) is 0 Å². The molecule has 0 aromatic heterocycles. The monoisotopic (exact) mass is 236 g/mol. The molecule has 0 bridgehead atoms. The van der Waals surface area contributed by atoms with Gasteiger partial charge in [0.05, 0.1) is 12.1 Å². The van der Waals surface area contributed by atoms with E-state index in [2.05, 4.69) is 12.6 Å². The highest BCUT2D eigenvalue weighted by atomic mass is 32.1. The summed E-state index contributed by atoms with van der Waals surface area (Å²) in [4.78, 5) is 24.7. The average molecular weight is 236 g/mol. The minimum atomic E-state index is -0.205. The van der Waals surface area contributed by atoms with Crippen LogP contribution in [0.5, 0.6) is 0 Å². The van der Waals surface area contributed by atoms with Crippen molar-refractivity contribution in [1.29, 1.82) is 0 Å². The highest BCUT2D eigenvalue weighted by Crippen LogP contribution is 2.30. The molecule has 4 nitrogen and oxygen atoms in total. The topological polar surface area (TPSA) is 63.4 Å². The first kappa shape index (κ1) is 11.0. The quantitative estimate of drug-likeness (QED) is 0.595. The number of amides is 2. The maximum absolute atomic E-state index is 11.7. The molecular weight excluding hydrogens is 224 g/mol. The van der Waals surface area contributed by atoms with Gasteiger partial charge in [-0.05, 0) is 29.5 Å². The number of nitrogens with two attached hydrogens (primary N) is 1. The zero-order valence-electron chi connectivity index (χ0n) is 8.64. The number of rotatable bonds is 2. The number of anilines is 2. The molecule has 0 aliphatic carbocycles. The number of benzene rings is 1. The molecule has 1 aromatic rings. The van der Waals surface area contributed by atoms with Crippen molar-refractivity contribution in [2.75, 3.05) is 16.4 Å². The van der Waals surface area contributed by atoms with Crippen molar-refractivity contribution >= 4 is 35.8 Å². The van der Waals surface area contributed by atoms with Gasteiger partial charge in [-0.25, -0.2) is 4.90 Å². The van der Waals surface area contributed by atoms with Gasteiger partial charge in [0.25, 0.3) is 0 Å². The zero-order chi connectivity index (χ0) is 11.7. The van der Waals surface area contributed by atoms with E-state index in [0.29, 0.717) is 17.1 Å². The number of nitrogen functional groups attached to an aromatic ring is 1. The maximum atomic E-state index is 11.7. The van der Waals surface area contributed by atoms with Crippen LogP contribution in [0.2, 0.25) is 0 Å². The van der Waals surface area contributed by atoms with Gasteiger partial charge in [-0.2, -0.15) is 12.6 Å².